The number of methoxy groups -OCH3 is 1. The minimum Gasteiger partial charge on any atom is -0.495 e. The van der Waals surface area contributed by atoms with E-state index in [2.05, 4.69) is 4.98 Å². The lowest BCUT2D eigenvalue weighted by Crippen LogP contribution is -2.20. The maximum absolute atomic E-state index is 13.9. The molecule has 0 bridgehead atoms. The van der Waals surface area contributed by atoms with Crippen LogP contribution in [0.1, 0.15) is 5.82 Å². The highest BCUT2D eigenvalue weighted by Crippen LogP contribution is 2.30. The first-order chi connectivity index (χ1) is 9.02. The van der Waals surface area contributed by atoms with Crippen LogP contribution in [0.2, 0.25) is 0 Å². The Balaban J connectivity index is 2.28. The number of nitrogens with two attached hydrogens (primary N) is 1. The number of hydrogen-bond acceptors (Lipinski definition) is 4. The van der Waals surface area contributed by atoms with E-state index in [0.29, 0.717) is 18.0 Å². The first-order valence-electron chi connectivity index (χ1n) is 5.83. The number of ether oxygens (including phenoxy) is 1. The Morgan fingerprint density at radius 3 is 2.79 bits per heavy atom. The van der Waals surface area contributed by atoms with Gasteiger partial charge in [-0.25, -0.2) is 9.37 Å². The normalized spacial score (nSPS) is 10.5. The molecule has 0 radical (unpaired) electrons. The van der Waals surface area contributed by atoms with Gasteiger partial charge in [-0.15, -0.1) is 0 Å². The standard InChI is InChI=1S/C13H17FN4O/c1-17-5-4-16-13(17)8-18(2)11-7-12(19-3)10(15)6-9(11)14/h4-7H,8,15H2,1-3H3. The highest BCUT2D eigenvalue weighted by Gasteiger charge is 2.13. The summed E-state index contributed by atoms with van der Waals surface area (Å²) in [7, 11) is 5.20. The predicted octanol–water partition coefficient (Wildman–Crippen LogP) is 1.79. The molecule has 0 aliphatic heterocycles. The summed E-state index contributed by atoms with van der Waals surface area (Å²) in [6, 6.07) is 2.86. The zero-order valence-corrected chi connectivity index (χ0v) is 11.2. The van der Waals surface area contributed by atoms with Crippen molar-refractivity contribution in [2.75, 3.05) is 24.8 Å². The molecular formula is C13H17FN4O. The maximum Gasteiger partial charge on any atom is 0.148 e. The van der Waals surface area contributed by atoms with E-state index in [9.17, 15) is 4.39 Å². The Morgan fingerprint density at radius 1 is 1.47 bits per heavy atom. The Bertz CT molecular complexity index is 582. The van der Waals surface area contributed by atoms with Crippen LogP contribution in [0.4, 0.5) is 15.8 Å². The van der Waals surface area contributed by atoms with Gasteiger partial charge in [0.05, 0.1) is 25.0 Å². The maximum atomic E-state index is 13.9. The van der Waals surface area contributed by atoms with Gasteiger partial charge in [-0.2, -0.15) is 0 Å². The Kier molecular flexibility index (Phi) is 3.59. The topological polar surface area (TPSA) is 56.3 Å². The van der Waals surface area contributed by atoms with Crippen molar-refractivity contribution < 1.29 is 9.13 Å². The van der Waals surface area contributed by atoms with Gasteiger partial charge in [-0.3, -0.25) is 0 Å². The second-order valence-electron chi connectivity index (χ2n) is 4.36. The Morgan fingerprint density at radius 2 is 2.21 bits per heavy atom. The number of benzene rings is 1. The van der Waals surface area contributed by atoms with Crippen molar-refractivity contribution in [3.63, 3.8) is 0 Å². The minimum absolute atomic E-state index is 0.286. The summed E-state index contributed by atoms with van der Waals surface area (Å²) in [6.07, 6.45) is 3.56. The molecule has 0 aliphatic carbocycles. The van der Waals surface area contributed by atoms with Gasteiger partial charge >= 0.3 is 0 Å². The second kappa shape index (κ2) is 5.17. The molecule has 0 unspecified atom stereocenters. The number of aryl methyl sites for hydroxylation is 1. The molecule has 0 atom stereocenters. The van der Waals surface area contributed by atoms with Crippen molar-refractivity contribution in [3.05, 3.63) is 36.2 Å². The van der Waals surface area contributed by atoms with Crippen LogP contribution in [0.3, 0.4) is 0 Å². The molecule has 0 saturated heterocycles. The lowest BCUT2D eigenvalue weighted by molar-refractivity contribution is 0.416. The van der Waals surface area contributed by atoms with Gasteiger partial charge in [-0.1, -0.05) is 0 Å². The summed E-state index contributed by atoms with van der Waals surface area (Å²) in [5.74, 6) is 0.927. The van der Waals surface area contributed by atoms with Crippen LogP contribution < -0.4 is 15.4 Å². The molecular weight excluding hydrogens is 247 g/mol. The number of rotatable bonds is 4. The number of anilines is 2. The Hall–Kier alpha value is -2.24. The number of nitrogens with zero attached hydrogens (tertiary/aromatic N) is 3. The quantitative estimate of drug-likeness (QED) is 0.855. The summed E-state index contributed by atoms with van der Waals surface area (Å²) in [5.41, 5.74) is 6.37. The molecule has 2 aromatic rings. The summed E-state index contributed by atoms with van der Waals surface area (Å²) < 4.78 is 20.9. The van der Waals surface area contributed by atoms with Crippen LogP contribution in [0.5, 0.6) is 5.75 Å². The van der Waals surface area contributed by atoms with Gasteiger partial charge in [0.2, 0.25) is 0 Å². The van der Waals surface area contributed by atoms with E-state index in [4.69, 9.17) is 10.5 Å². The smallest absolute Gasteiger partial charge is 0.148 e. The number of imidazole rings is 1. The van der Waals surface area contributed by atoms with E-state index in [1.165, 1.54) is 13.2 Å². The highest BCUT2D eigenvalue weighted by molar-refractivity contribution is 5.63. The molecule has 0 fully saturated rings. The fourth-order valence-corrected chi connectivity index (χ4v) is 1.87. The SMILES string of the molecule is COc1cc(N(C)Cc2nccn2C)c(F)cc1N. The second-order valence-corrected chi connectivity index (χ2v) is 4.36. The number of aromatic nitrogens is 2. The molecule has 2 N–H and O–H groups in total. The van der Waals surface area contributed by atoms with Crippen molar-refractivity contribution >= 4 is 11.4 Å². The molecule has 1 aromatic heterocycles. The molecule has 0 spiro atoms. The van der Waals surface area contributed by atoms with Crippen molar-refractivity contribution in [2.24, 2.45) is 7.05 Å². The number of nitrogen functional groups attached to an aromatic ring is 1. The first-order valence-corrected chi connectivity index (χ1v) is 5.83. The monoisotopic (exact) mass is 264 g/mol. The van der Waals surface area contributed by atoms with Gasteiger partial charge < -0.3 is 19.9 Å². The largest absolute Gasteiger partial charge is 0.495 e. The van der Waals surface area contributed by atoms with Crippen LogP contribution in [0.25, 0.3) is 0 Å². The zero-order valence-electron chi connectivity index (χ0n) is 11.2. The fourth-order valence-electron chi connectivity index (χ4n) is 1.87. The lowest BCUT2D eigenvalue weighted by Gasteiger charge is -2.20. The van der Waals surface area contributed by atoms with Crippen LogP contribution in [-0.4, -0.2) is 23.7 Å². The van der Waals surface area contributed by atoms with E-state index in [0.717, 1.165) is 5.82 Å². The lowest BCUT2D eigenvalue weighted by atomic mass is 10.2. The predicted molar refractivity (Wildman–Crippen MR) is 72.7 cm³/mol. The molecule has 0 aliphatic rings. The number of halogens is 1. The molecule has 5 nitrogen and oxygen atoms in total. The zero-order chi connectivity index (χ0) is 14.0. The molecule has 0 amide bonds. The molecule has 6 heteroatoms. The van der Waals surface area contributed by atoms with Crippen LogP contribution in [0.15, 0.2) is 24.5 Å². The van der Waals surface area contributed by atoms with E-state index < -0.39 is 0 Å². The molecule has 1 heterocycles. The van der Waals surface area contributed by atoms with Gasteiger partial charge in [0.25, 0.3) is 0 Å². The summed E-state index contributed by atoms with van der Waals surface area (Å²) in [4.78, 5) is 5.98. The van der Waals surface area contributed by atoms with E-state index in [1.54, 1.807) is 24.2 Å². The minimum atomic E-state index is -0.380. The Labute approximate surface area is 111 Å². The van der Waals surface area contributed by atoms with Crippen molar-refractivity contribution in [1.82, 2.24) is 9.55 Å². The first kappa shape index (κ1) is 13.2. The van der Waals surface area contributed by atoms with Crippen molar-refractivity contribution in [3.8, 4) is 5.75 Å². The van der Waals surface area contributed by atoms with Crippen LogP contribution in [0, 0.1) is 5.82 Å². The molecule has 19 heavy (non-hydrogen) atoms. The van der Waals surface area contributed by atoms with Gasteiger partial charge in [0.1, 0.15) is 17.4 Å². The van der Waals surface area contributed by atoms with E-state index >= 15 is 0 Å². The molecule has 0 saturated carbocycles. The van der Waals surface area contributed by atoms with Crippen LogP contribution in [-0.2, 0) is 13.6 Å². The average Bonchev–Trinajstić information content (AvgIpc) is 2.75. The summed E-state index contributed by atoms with van der Waals surface area (Å²) >= 11 is 0. The third-order valence-electron chi connectivity index (χ3n) is 3.01. The highest BCUT2D eigenvalue weighted by atomic mass is 19.1. The third kappa shape index (κ3) is 2.62. The van der Waals surface area contributed by atoms with Crippen molar-refractivity contribution in [1.29, 1.82) is 0 Å². The van der Waals surface area contributed by atoms with Crippen molar-refractivity contribution in [2.45, 2.75) is 6.54 Å². The fraction of sp³-hybridized carbons (Fsp3) is 0.308. The molecule has 2 rings (SSSR count). The summed E-state index contributed by atoms with van der Waals surface area (Å²) in [5, 5.41) is 0. The molecule has 1 aromatic carbocycles. The molecule has 102 valence electrons. The average molecular weight is 264 g/mol. The third-order valence-corrected chi connectivity index (χ3v) is 3.01. The van der Waals surface area contributed by atoms with Crippen LogP contribution >= 0.6 is 0 Å². The van der Waals surface area contributed by atoms with E-state index in [1.807, 2.05) is 17.8 Å². The number of hydrogen-bond donors (Lipinski definition) is 1. The van der Waals surface area contributed by atoms with E-state index in [-0.39, 0.29) is 11.5 Å². The van der Waals surface area contributed by atoms with Gasteiger partial charge in [0, 0.05) is 38.6 Å². The summed E-state index contributed by atoms with van der Waals surface area (Å²) in [6.45, 7) is 0.494. The van der Waals surface area contributed by atoms with Gasteiger partial charge in [0.15, 0.2) is 0 Å². The van der Waals surface area contributed by atoms with Gasteiger partial charge in [-0.05, 0) is 0 Å².